The Bertz CT molecular complexity index is 304. The molecule has 0 aromatic carbocycles. The van der Waals surface area contributed by atoms with Gasteiger partial charge in [0.1, 0.15) is 5.75 Å². The summed E-state index contributed by atoms with van der Waals surface area (Å²) in [6, 6.07) is 4.04. The van der Waals surface area contributed by atoms with Crippen LogP contribution in [0.2, 0.25) is 0 Å². The standard InChI is InChI=1S/C13H18BrNO/c14-9-11-7-8-13(10-15-11)16-12-5-3-1-2-4-6-12/h7-8,10,12H,1-6,9H2. The number of halogens is 1. The van der Waals surface area contributed by atoms with Gasteiger partial charge in [-0.15, -0.1) is 0 Å². The summed E-state index contributed by atoms with van der Waals surface area (Å²) in [5.74, 6) is 0.914. The van der Waals surface area contributed by atoms with Gasteiger partial charge in [0.25, 0.3) is 0 Å². The predicted octanol–water partition coefficient (Wildman–Crippen LogP) is 4.08. The van der Waals surface area contributed by atoms with Crippen LogP contribution in [0.25, 0.3) is 0 Å². The van der Waals surface area contributed by atoms with Crippen LogP contribution in [0.4, 0.5) is 0 Å². The van der Waals surface area contributed by atoms with Crippen LogP contribution >= 0.6 is 15.9 Å². The zero-order valence-electron chi connectivity index (χ0n) is 9.49. The highest BCUT2D eigenvalue weighted by Gasteiger charge is 2.13. The van der Waals surface area contributed by atoms with E-state index in [-0.39, 0.29) is 0 Å². The van der Waals surface area contributed by atoms with Crippen molar-refractivity contribution in [3.05, 3.63) is 24.0 Å². The summed E-state index contributed by atoms with van der Waals surface area (Å²) in [4.78, 5) is 4.31. The maximum Gasteiger partial charge on any atom is 0.138 e. The van der Waals surface area contributed by atoms with E-state index in [2.05, 4.69) is 20.9 Å². The largest absolute Gasteiger partial charge is 0.489 e. The zero-order valence-corrected chi connectivity index (χ0v) is 11.1. The fraction of sp³-hybridized carbons (Fsp3) is 0.615. The Morgan fingerprint density at radius 3 is 2.50 bits per heavy atom. The first kappa shape index (κ1) is 11.9. The fourth-order valence-corrected chi connectivity index (χ4v) is 2.44. The first-order chi connectivity index (χ1) is 7.88. The first-order valence-electron chi connectivity index (χ1n) is 6.06. The molecule has 1 fully saturated rings. The van der Waals surface area contributed by atoms with Gasteiger partial charge >= 0.3 is 0 Å². The van der Waals surface area contributed by atoms with Crippen molar-refractivity contribution in [1.82, 2.24) is 4.98 Å². The molecule has 1 saturated carbocycles. The molecule has 1 aliphatic carbocycles. The van der Waals surface area contributed by atoms with E-state index in [0.717, 1.165) is 16.8 Å². The summed E-state index contributed by atoms with van der Waals surface area (Å²) in [5, 5.41) is 0.802. The summed E-state index contributed by atoms with van der Waals surface area (Å²) >= 11 is 3.39. The molecule has 2 nitrogen and oxygen atoms in total. The molecule has 1 aromatic heterocycles. The third-order valence-corrected chi connectivity index (χ3v) is 3.61. The van der Waals surface area contributed by atoms with Gasteiger partial charge in [-0.2, -0.15) is 0 Å². The molecule has 0 unspecified atom stereocenters. The Morgan fingerprint density at radius 2 is 1.94 bits per heavy atom. The molecule has 2 rings (SSSR count). The summed E-state index contributed by atoms with van der Waals surface area (Å²) in [6.07, 6.45) is 9.96. The van der Waals surface area contributed by atoms with Crippen molar-refractivity contribution < 1.29 is 4.74 Å². The number of ether oxygens (including phenoxy) is 1. The minimum atomic E-state index is 0.402. The molecule has 0 saturated heterocycles. The third kappa shape index (κ3) is 3.48. The van der Waals surface area contributed by atoms with Gasteiger partial charge in [-0.25, -0.2) is 0 Å². The molecule has 0 spiro atoms. The van der Waals surface area contributed by atoms with E-state index in [0.29, 0.717) is 6.10 Å². The van der Waals surface area contributed by atoms with Gasteiger partial charge in [0.05, 0.1) is 18.0 Å². The van der Waals surface area contributed by atoms with Crippen LogP contribution in [-0.2, 0) is 5.33 Å². The molecular weight excluding hydrogens is 266 g/mol. The fourth-order valence-electron chi connectivity index (χ4n) is 2.11. The van der Waals surface area contributed by atoms with Gasteiger partial charge in [-0.05, 0) is 37.8 Å². The quantitative estimate of drug-likeness (QED) is 0.616. The van der Waals surface area contributed by atoms with E-state index < -0.39 is 0 Å². The lowest BCUT2D eigenvalue weighted by Gasteiger charge is -2.16. The molecule has 0 amide bonds. The summed E-state index contributed by atoms with van der Waals surface area (Å²) in [7, 11) is 0. The van der Waals surface area contributed by atoms with Crippen LogP contribution in [-0.4, -0.2) is 11.1 Å². The van der Waals surface area contributed by atoms with Crippen molar-refractivity contribution in [2.24, 2.45) is 0 Å². The van der Waals surface area contributed by atoms with Crippen LogP contribution in [0.1, 0.15) is 44.2 Å². The van der Waals surface area contributed by atoms with E-state index in [9.17, 15) is 0 Å². The number of nitrogens with zero attached hydrogens (tertiary/aromatic N) is 1. The zero-order chi connectivity index (χ0) is 11.2. The molecule has 0 N–H and O–H groups in total. The molecule has 0 aliphatic heterocycles. The summed E-state index contributed by atoms with van der Waals surface area (Å²) in [6.45, 7) is 0. The van der Waals surface area contributed by atoms with E-state index in [4.69, 9.17) is 4.74 Å². The van der Waals surface area contributed by atoms with E-state index in [1.165, 1.54) is 38.5 Å². The third-order valence-electron chi connectivity index (χ3n) is 3.04. The minimum Gasteiger partial charge on any atom is -0.489 e. The topological polar surface area (TPSA) is 22.1 Å². The molecule has 3 heteroatoms. The Balaban J connectivity index is 1.91. The number of pyridine rings is 1. The number of aromatic nitrogens is 1. The molecule has 88 valence electrons. The van der Waals surface area contributed by atoms with Crippen molar-refractivity contribution in [2.75, 3.05) is 0 Å². The number of hydrogen-bond acceptors (Lipinski definition) is 2. The van der Waals surface area contributed by atoms with Gasteiger partial charge in [-0.1, -0.05) is 28.8 Å². The van der Waals surface area contributed by atoms with Gasteiger partial charge in [0.2, 0.25) is 0 Å². The second-order valence-corrected chi connectivity index (χ2v) is 4.91. The predicted molar refractivity (Wildman–Crippen MR) is 69.0 cm³/mol. The molecule has 0 atom stereocenters. The Labute approximate surface area is 106 Å². The molecule has 0 bridgehead atoms. The highest BCUT2D eigenvalue weighted by molar-refractivity contribution is 9.08. The lowest BCUT2D eigenvalue weighted by atomic mass is 10.1. The smallest absolute Gasteiger partial charge is 0.138 e. The number of rotatable bonds is 3. The molecule has 1 aliphatic rings. The minimum absolute atomic E-state index is 0.402. The molecule has 16 heavy (non-hydrogen) atoms. The van der Waals surface area contributed by atoms with Crippen LogP contribution in [0.5, 0.6) is 5.75 Å². The number of alkyl halides is 1. The second-order valence-electron chi connectivity index (χ2n) is 4.35. The van der Waals surface area contributed by atoms with Gasteiger partial charge < -0.3 is 4.74 Å². The molecule has 0 radical (unpaired) electrons. The highest BCUT2D eigenvalue weighted by Crippen LogP contribution is 2.22. The molecule has 1 heterocycles. The Kier molecular flexibility index (Phi) is 4.64. The lowest BCUT2D eigenvalue weighted by molar-refractivity contribution is 0.183. The van der Waals surface area contributed by atoms with Crippen molar-refractivity contribution >= 4 is 15.9 Å². The van der Waals surface area contributed by atoms with Gasteiger partial charge in [0.15, 0.2) is 0 Å². The lowest BCUT2D eigenvalue weighted by Crippen LogP contribution is -2.15. The van der Waals surface area contributed by atoms with E-state index >= 15 is 0 Å². The van der Waals surface area contributed by atoms with Crippen LogP contribution in [0.3, 0.4) is 0 Å². The van der Waals surface area contributed by atoms with E-state index in [1.54, 1.807) is 0 Å². The van der Waals surface area contributed by atoms with Crippen molar-refractivity contribution in [3.63, 3.8) is 0 Å². The summed E-state index contributed by atoms with van der Waals surface area (Å²) in [5.41, 5.74) is 1.05. The maximum atomic E-state index is 5.96. The van der Waals surface area contributed by atoms with Crippen molar-refractivity contribution in [3.8, 4) is 5.75 Å². The van der Waals surface area contributed by atoms with E-state index in [1.807, 2.05) is 18.3 Å². The average Bonchev–Trinajstić information content (AvgIpc) is 2.59. The van der Waals surface area contributed by atoms with Crippen LogP contribution < -0.4 is 4.74 Å². The van der Waals surface area contributed by atoms with Crippen LogP contribution in [0, 0.1) is 0 Å². The Hall–Kier alpha value is -0.570. The second kappa shape index (κ2) is 6.24. The molecule has 1 aromatic rings. The molecular formula is C13H18BrNO. The van der Waals surface area contributed by atoms with Crippen molar-refractivity contribution in [2.45, 2.75) is 50.0 Å². The highest BCUT2D eigenvalue weighted by atomic mass is 79.9. The van der Waals surface area contributed by atoms with Gasteiger partial charge in [0, 0.05) is 5.33 Å². The van der Waals surface area contributed by atoms with Crippen molar-refractivity contribution in [1.29, 1.82) is 0 Å². The van der Waals surface area contributed by atoms with Crippen LogP contribution in [0.15, 0.2) is 18.3 Å². The number of hydrogen-bond donors (Lipinski definition) is 0. The first-order valence-corrected chi connectivity index (χ1v) is 7.18. The normalized spacial score (nSPS) is 18.1. The van der Waals surface area contributed by atoms with Gasteiger partial charge in [-0.3, -0.25) is 4.98 Å². The summed E-state index contributed by atoms with van der Waals surface area (Å²) < 4.78 is 5.96. The maximum absolute atomic E-state index is 5.96. The SMILES string of the molecule is BrCc1ccc(OC2CCCCCC2)cn1. The monoisotopic (exact) mass is 283 g/mol. The Morgan fingerprint density at radius 1 is 1.19 bits per heavy atom. The average molecular weight is 284 g/mol.